The first-order valence-corrected chi connectivity index (χ1v) is 7.35. The van der Waals surface area contributed by atoms with Crippen molar-refractivity contribution in [2.75, 3.05) is 5.32 Å². The van der Waals surface area contributed by atoms with Gasteiger partial charge in [-0.15, -0.1) is 0 Å². The highest BCUT2D eigenvalue weighted by atomic mass is 19.1. The first-order valence-electron chi connectivity index (χ1n) is 7.35. The van der Waals surface area contributed by atoms with Crippen molar-refractivity contribution in [1.29, 1.82) is 0 Å². The van der Waals surface area contributed by atoms with Crippen LogP contribution in [0.5, 0.6) is 0 Å². The molecule has 0 amide bonds. The van der Waals surface area contributed by atoms with Gasteiger partial charge >= 0.3 is 0 Å². The summed E-state index contributed by atoms with van der Waals surface area (Å²) in [5.74, 6) is -0.516. The van der Waals surface area contributed by atoms with Gasteiger partial charge in [0, 0.05) is 31.1 Å². The Morgan fingerprint density at radius 2 is 1.92 bits per heavy atom. The average Bonchev–Trinajstić information content (AvgIpc) is 3.07. The van der Waals surface area contributed by atoms with E-state index in [9.17, 15) is 14.5 Å². The van der Waals surface area contributed by atoms with E-state index in [-0.39, 0.29) is 11.4 Å². The minimum absolute atomic E-state index is 0.147. The summed E-state index contributed by atoms with van der Waals surface area (Å²) in [5.41, 5.74) is 2.06. The maximum Gasteiger partial charge on any atom is 0.292 e. The molecule has 0 atom stereocenters. The topological polar surface area (TPSA) is 73.0 Å². The summed E-state index contributed by atoms with van der Waals surface area (Å²) in [4.78, 5) is 10.4. The quantitative estimate of drug-likeness (QED) is 0.555. The van der Waals surface area contributed by atoms with Gasteiger partial charge in [-0.3, -0.25) is 14.8 Å². The number of nitro benzene ring substituents is 1. The molecule has 3 aromatic rings. The maximum absolute atomic E-state index is 13.3. The van der Waals surface area contributed by atoms with Crippen LogP contribution in [-0.2, 0) is 13.1 Å². The SMILES string of the molecule is O=[N+]([O-])c1ccc(F)cc1NCc1ccc(Cn2cccn2)cc1. The molecular formula is C17H15FN4O2. The van der Waals surface area contributed by atoms with Crippen molar-refractivity contribution in [3.63, 3.8) is 0 Å². The number of benzene rings is 2. The number of nitro groups is 1. The Morgan fingerprint density at radius 3 is 2.58 bits per heavy atom. The molecule has 2 aromatic carbocycles. The van der Waals surface area contributed by atoms with E-state index >= 15 is 0 Å². The van der Waals surface area contributed by atoms with Crippen LogP contribution in [0, 0.1) is 15.9 Å². The molecule has 6 nitrogen and oxygen atoms in total. The molecule has 0 fully saturated rings. The van der Waals surface area contributed by atoms with Gasteiger partial charge in [0.15, 0.2) is 0 Å². The molecule has 1 heterocycles. The summed E-state index contributed by atoms with van der Waals surface area (Å²) in [5, 5.41) is 18.0. The summed E-state index contributed by atoms with van der Waals surface area (Å²) in [6.45, 7) is 1.04. The molecule has 7 heteroatoms. The van der Waals surface area contributed by atoms with E-state index < -0.39 is 10.7 Å². The van der Waals surface area contributed by atoms with Gasteiger partial charge in [-0.25, -0.2) is 4.39 Å². The summed E-state index contributed by atoms with van der Waals surface area (Å²) >= 11 is 0. The normalized spacial score (nSPS) is 10.5. The molecular weight excluding hydrogens is 311 g/mol. The van der Waals surface area contributed by atoms with Crippen LogP contribution in [0.2, 0.25) is 0 Å². The molecule has 0 saturated carbocycles. The highest BCUT2D eigenvalue weighted by Gasteiger charge is 2.14. The van der Waals surface area contributed by atoms with E-state index in [4.69, 9.17) is 0 Å². The Kier molecular flexibility index (Phi) is 4.51. The Labute approximate surface area is 137 Å². The van der Waals surface area contributed by atoms with Crippen LogP contribution in [0.15, 0.2) is 60.9 Å². The zero-order valence-corrected chi connectivity index (χ0v) is 12.7. The zero-order chi connectivity index (χ0) is 16.9. The average molecular weight is 326 g/mol. The number of halogens is 1. The third-order valence-corrected chi connectivity index (χ3v) is 3.56. The molecule has 0 spiro atoms. The fraction of sp³-hybridized carbons (Fsp3) is 0.118. The van der Waals surface area contributed by atoms with Crippen molar-refractivity contribution in [2.24, 2.45) is 0 Å². The van der Waals surface area contributed by atoms with Crippen molar-refractivity contribution in [2.45, 2.75) is 13.1 Å². The third kappa shape index (κ3) is 3.75. The molecule has 0 saturated heterocycles. The van der Waals surface area contributed by atoms with Crippen LogP contribution in [-0.4, -0.2) is 14.7 Å². The van der Waals surface area contributed by atoms with Gasteiger partial charge in [0.1, 0.15) is 11.5 Å². The van der Waals surface area contributed by atoms with Crippen molar-refractivity contribution in [1.82, 2.24) is 9.78 Å². The van der Waals surface area contributed by atoms with E-state index in [0.717, 1.165) is 29.3 Å². The smallest absolute Gasteiger partial charge is 0.292 e. The van der Waals surface area contributed by atoms with Crippen LogP contribution < -0.4 is 5.32 Å². The van der Waals surface area contributed by atoms with Crippen LogP contribution in [0.3, 0.4) is 0 Å². The lowest BCUT2D eigenvalue weighted by atomic mass is 10.1. The fourth-order valence-corrected chi connectivity index (χ4v) is 2.35. The standard InChI is InChI=1S/C17H15FN4O2/c18-15-6-7-17(22(23)24)16(10-15)19-11-13-2-4-14(5-3-13)12-21-9-1-8-20-21/h1-10,19H,11-12H2. The van der Waals surface area contributed by atoms with Crippen LogP contribution in [0.25, 0.3) is 0 Å². The molecule has 1 N–H and O–H groups in total. The molecule has 0 radical (unpaired) electrons. The third-order valence-electron chi connectivity index (χ3n) is 3.56. The minimum atomic E-state index is -0.533. The van der Waals surface area contributed by atoms with Crippen molar-refractivity contribution in [3.8, 4) is 0 Å². The Bertz CT molecular complexity index is 832. The van der Waals surface area contributed by atoms with E-state index in [0.29, 0.717) is 13.1 Å². The molecule has 0 bridgehead atoms. The lowest BCUT2D eigenvalue weighted by Crippen LogP contribution is -2.04. The van der Waals surface area contributed by atoms with Crippen LogP contribution in [0.4, 0.5) is 15.8 Å². The number of nitrogens with one attached hydrogen (secondary N) is 1. The van der Waals surface area contributed by atoms with Gasteiger partial charge in [0.25, 0.3) is 5.69 Å². The van der Waals surface area contributed by atoms with E-state index in [1.54, 1.807) is 6.20 Å². The zero-order valence-electron chi connectivity index (χ0n) is 12.7. The molecule has 3 rings (SSSR count). The maximum atomic E-state index is 13.3. The first-order chi connectivity index (χ1) is 11.6. The Balaban J connectivity index is 1.67. The number of anilines is 1. The summed E-state index contributed by atoms with van der Waals surface area (Å²) in [7, 11) is 0. The second kappa shape index (κ2) is 6.91. The van der Waals surface area contributed by atoms with Crippen molar-refractivity contribution >= 4 is 11.4 Å². The van der Waals surface area contributed by atoms with Gasteiger partial charge in [-0.05, 0) is 23.3 Å². The van der Waals surface area contributed by atoms with Gasteiger partial charge in [-0.1, -0.05) is 24.3 Å². The van der Waals surface area contributed by atoms with Gasteiger partial charge in [0.2, 0.25) is 0 Å². The number of rotatable bonds is 6. The number of hydrogen-bond donors (Lipinski definition) is 1. The van der Waals surface area contributed by atoms with Gasteiger partial charge in [0.05, 0.1) is 11.5 Å². The predicted octanol–water partition coefficient (Wildman–Crippen LogP) is 3.59. The second-order valence-electron chi connectivity index (χ2n) is 5.29. The lowest BCUT2D eigenvalue weighted by Gasteiger charge is -2.08. The lowest BCUT2D eigenvalue weighted by molar-refractivity contribution is -0.384. The monoisotopic (exact) mass is 326 g/mol. The van der Waals surface area contributed by atoms with E-state index in [2.05, 4.69) is 10.4 Å². The number of nitrogens with zero attached hydrogens (tertiary/aromatic N) is 3. The first kappa shape index (κ1) is 15.7. The Hall–Kier alpha value is -3.22. The Morgan fingerprint density at radius 1 is 1.17 bits per heavy atom. The highest BCUT2D eigenvalue weighted by Crippen LogP contribution is 2.25. The summed E-state index contributed by atoms with van der Waals surface area (Å²) in [6, 6.07) is 13.0. The summed E-state index contributed by atoms with van der Waals surface area (Å²) < 4.78 is 15.1. The number of aromatic nitrogens is 2. The largest absolute Gasteiger partial charge is 0.375 e. The van der Waals surface area contributed by atoms with Crippen LogP contribution >= 0.6 is 0 Å². The summed E-state index contributed by atoms with van der Waals surface area (Å²) in [6.07, 6.45) is 3.61. The molecule has 0 unspecified atom stereocenters. The van der Waals surface area contributed by atoms with Gasteiger partial charge in [-0.2, -0.15) is 5.10 Å². The minimum Gasteiger partial charge on any atom is -0.375 e. The fourth-order valence-electron chi connectivity index (χ4n) is 2.35. The van der Waals surface area contributed by atoms with E-state index in [1.807, 2.05) is 41.2 Å². The molecule has 122 valence electrons. The molecule has 0 aliphatic carbocycles. The van der Waals surface area contributed by atoms with Gasteiger partial charge < -0.3 is 5.32 Å². The molecule has 1 aromatic heterocycles. The number of hydrogen-bond acceptors (Lipinski definition) is 4. The molecule has 24 heavy (non-hydrogen) atoms. The molecule has 0 aliphatic rings. The van der Waals surface area contributed by atoms with E-state index in [1.165, 1.54) is 0 Å². The van der Waals surface area contributed by atoms with Crippen molar-refractivity contribution in [3.05, 3.63) is 88.0 Å². The second-order valence-corrected chi connectivity index (χ2v) is 5.29. The highest BCUT2D eigenvalue weighted by molar-refractivity contribution is 5.61. The van der Waals surface area contributed by atoms with Crippen LogP contribution in [0.1, 0.15) is 11.1 Å². The predicted molar refractivity (Wildman–Crippen MR) is 88.2 cm³/mol. The van der Waals surface area contributed by atoms with Crippen molar-refractivity contribution < 1.29 is 9.31 Å². The molecule has 0 aliphatic heterocycles.